The maximum atomic E-state index is 12.0. The Kier molecular flexibility index (Phi) is 5.05. The molecular formula is C15H9ClN4O5S. The minimum Gasteiger partial charge on any atom is -0.452 e. The normalized spacial score (nSPS) is 10.5. The van der Waals surface area contributed by atoms with E-state index in [-0.39, 0.29) is 16.3 Å². The van der Waals surface area contributed by atoms with Crippen molar-refractivity contribution < 1.29 is 19.2 Å². The van der Waals surface area contributed by atoms with Gasteiger partial charge in [0.1, 0.15) is 11.0 Å². The first-order valence-electron chi connectivity index (χ1n) is 7.08. The summed E-state index contributed by atoms with van der Waals surface area (Å²) in [5.41, 5.74) is 1.09. The second kappa shape index (κ2) is 7.42. The van der Waals surface area contributed by atoms with Crippen LogP contribution in [0.25, 0.3) is 11.0 Å². The number of carbonyl (C=O) groups excluding carboxylic acids is 2. The Morgan fingerprint density at radius 3 is 2.85 bits per heavy atom. The van der Waals surface area contributed by atoms with Crippen LogP contribution in [-0.4, -0.2) is 32.2 Å². The number of nitrogens with zero attached hydrogens (tertiary/aromatic N) is 3. The van der Waals surface area contributed by atoms with E-state index in [0.29, 0.717) is 16.7 Å². The predicted molar refractivity (Wildman–Crippen MR) is 94.4 cm³/mol. The van der Waals surface area contributed by atoms with Gasteiger partial charge in [0.25, 0.3) is 11.6 Å². The molecule has 0 saturated carbocycles. The summed E-state index contributed by atoms with van der Waals surface area (Å²) in [5, 5.41) is 13.3. The molecule has 0 atom stereocenters. The summed E-state index contributed by atoms with van der Waals surface area (Å²) in [4.78, 5) is 34.2. The van der Waals surface area contributed by atoms with E-state index >= 15 is 0 Å². The Balaban J connectivity index is 1.66. The van der Waals surface area contributed by atoms with Crippen LogP contribution in [0.5, 0.6) is 0 Å². The van der Waals surface area contributed by atoms with E-state index in [1.807, 2.05) is 0 Å². The van der Waals surface area contributed by atoms with Crippen molar-refractivity contribution in [2.75, 3.05) is 11.9 Å². The second-order valence-electron chi connectivity index (χ2n) is 4.98. The highest BCUT2D eigenvalue weighted by molar-refractivity contribution is 7.00. The molecule has 1 aromatic heterocycles. The van der Waals surface area contributed by atoms with Gasteiger partial charge in [0.15, 0.2) is 6.61 Å². The maximum absolute atomic E-state index is 12.0. The molecule has 2 aromatic carbocycles. The number of benzene rings is 2. The molecule has 9 nitrogen and oxygen atoms in total. The van der Waals surface area contributed by atoms with Crippen LogP contribution in [-0.2, 0) is 9.53 Å². The van der Waals surface area contributed by atoms with Gasteiger partial charge in [0.05, 0.1) is 32.9 Å². The second-order valence-corrected chi connectivity index (χ2v) is 5.92. The molecule has 0 bridgehead atoms. The summed E-state index contributed by atoms with van der Waals surface area (Å²) in [5.74, 6) is -1.54. The van der Waals surface area contributed by atoms with E-state index in [4.69, 9.17) is 16.3 Å². The quantitative estimate of drug-likeness (QED) is 0.402. The Morgan fingerprint density at radius 2 is 2.08 bits per heavy atom. The lowest BCUT2D eigenvalue weighted by Gasteiger charge is -2.07. The number of halogens is 1. The molecule has 0 fully saturated rings. The number of nitrogens with one attached hydrogen (secondary N) is 1. The molecule has 0 aliphatic heterocycles. The number of amides is 1. The molecule has 0 spiro atoms. The third-order valence-corrected chi connectivity index (χ3v) is 4.15. The molecule has 0 aliphatic rings. The number of carbonyl (C=O) groups is 2. The van der Waals surface area contributed by atoms with Crippen LogP contribution in [0.15, 0.2) is 36.4 Å². The molecule has 132 valence electrons. The van der Waals surface area contributed by atoms with Gasteiger partial charge in [-0.1, -0.05) is 17.7 Å². The number of nitro benzene ring substituents is 1. The van der Waals surface area contributed by atoms with Crippen molar-refractivity contribution >= 4 is 57.6 Å². The van der Waals surface area contributed by atoms with Gasteiger partial charge < -0.3 is 10.1 Å². The third kappa shape index (κ3) is 3.76. The number of anilines is 1. The summed E-state index contributed by atoms with van der Waals surface area (Å²) in [6, 6.07) is 8.46. The van der Waals surface area contributed by atoms with E-state index in [0.717, 1.165) is 23.9 Å². The van der Waals surface area contributed by atoms with Gasteiger partial charge in [-0.05, 0) is 18.2 Å². The van der Waals surface area contributed by atoms with Gasteiger partial charge in [-0.25, -0.2) is 4.79 Å². The number of esters is 1. The van der Waals surface area contributed by atoms with Crippen LogP contribution in [0, 0.1) is 10.1 Å². The standard InChI is InChI=1S/C15H9ClN4O5S/c16-10-5-4-8(20(23)24)6-9(10)15(22)25-7-13(21)17-11-2-1-3-12-14(11)19-26-18-12/h1-6H,7H2,(H,17,21). The summed E-state index contributed by atoms with van der Waals surface area (Å²) in [6.07, 6.45) is 0. The molecule has 3 aromatic rings. The fourth-order valence-electron chi connectivity index (χ4n) is 2.09. The topological polar surface area (TPSA) is 124 Å². The first kappa shape index (κ1) is 17.7. The van der Waals surface area contributed by atoms with Gasteiger partial charge >= 0.3 is 5.97 Å². The number of aromatic nitrogens is 2. The van der Waals surface area contributed by atoms with E-state index in [2.05, 4.69) is 14.1 Å². The minimum absolute atomic E-state index is 0.0145. The molecule has 1 N–H and O–H groups in total. The van der Waals surface area contributed by atoms with Crippen LogP contribution in [0.3, 0.4) is 0 Å². The number of ether oxygens (including phenoxy) is 1. The van der Waals surface area contributed by atoms with Crippen LogP contribution in [0.4, 0.5) is 11.4 Å². The van der Waals surface area contributed by atoms with Crippen molar-refractivity contribution in [2.24, 2.45) is 0 Å². The smallest absolute Gasteiger partial charge is 0.340 e. The molecule has 0 unspecified atom stereocenters. The molecular weight excluding hydrogens is 384 g/mol. The largest absolute Gasteiger partial charge is 0.452 e. The lowest BCUT2D eigenvalue weighted by Crippen LogP contribution is -2.21. The lowest BCUT2D eigenvalue weighted by atomic mass is 10.2. The zero-order valence-corrected chi connectivity index (χ0v) is 14.4. The Bertz CT molecular complexity index is 1020. The summed E-state index contributed by atoms with van der Waals surface area (Å²) in [7, 11) is 0. The van der Waals surface area contributed by atoms with Crippen molar-refractivity contribution in [2.45, 2.75) is 0 Å². The molecule has 3 rings (SSSR count). The van der Waals surface area contributed by atoms with Gasteiger partial charge in [0.2, 0.25) is 0 Å². The van der Waals surface area contributed by atoms with Crippen LogP contribution in [0.2, 0.25) is 5.02 Å². The molecule has 1 amide bonds. The number of non-ortho nitro benzene ring substituents is 1. The van der Waals surface area contributed by atoms with Gasteiger partial charge in [-0.15, -0.1) is 0 Å². The molecule has 0 saturated heterocycles. The number of fused-ring (bicyclic) bond motifs is 1. The molecule has 26 heavy (non-hydrogen) atoms. The highest BCUT2D eigenvalue weighted by Gasteiger charge is 2.18. The highest BCUT2D eigenvalue weighted by atomic mass is 35.5. The van der Waals surface area contributed by atoms with Crippen LogP contribution >= 0.6 is 23.3 Å². The minimum atomic E-state index is -0.942. The van der Waals surface area contributed by atoms with Crippen molar-refractivity contribution in [1.82, 2.24) is 8.75 Å². The fourth-order valence-corrected chi connectivity index (χ4v) is 2.83. The Hall–Kier alpha value is -3.11. The van der Waals surface area contributed by atoms with Crippen molar-refractivity contribution in [3.05, 3.63) is 57.1 Å². The van der Waals surface area contributed by atoms with Gasteiger partial charge in [0, 0.05) is 12.1 Å². The average molecular weight is 393 g/mol. The van der Waals surface area contributed by atoms with Crippen molar-refractivity contribution in [3.63, 3.8) is 0 Å². The number of nitro groups is 1. The molecule has 11 heteroatoms. The summed E-state index contributed by atoms with van der Waals surface area (Å²) in [6.45, 7) is -0.591. The lowest BCUT2D eigenvalue weighted by molar-refractivity contribution is -0.384. The van der Waals surface area contributed by atoms with E-state index in [1.165, 1.54) is 6.07 Å². The zero-order valence-electron chi connectivity index (χ0n) is 12.8. The predicted octanol–water partition coefficient (Wildman–Crippen LogP) is 3.05. The zero-order chi connectivity index (χ0) is 18.7. The number of hydrogen-bond acceptors (Lipinski definition) is 8. The van der Waals surface area contributed by atoms with E-state index < -0.39 is 23.4 Å². The van der Waals surface area contributed by atoms with E-state index in [9.17, 15) is 19.7 Å². The fraction of sp³-hybridized carbons (Fsp3) is 0.0667. The number of rotatable bonds is 5. The Labute approximate surface area is 155 Å². The molecule has 0 radical (unpaired) electrons. The van der Waals surface area contributed by atoms with Crippen LogP contribution in [0.1, 0.15) is 10.4 Å². The van der Waals surface area contributed by atoms with Crippen molar-refractivity contribution in [3.8, 4) is 0 Å². The van der Waals surface area contributed by atoms with Crippen LogP contribution < -0.4 is 5.32 Å². The Morgan fingerprint density at radius 1 is 1.27 bits per heavy atom. The number of hydrogen-bond donors (Lipinski definition) is 1. The first-order chi connectivity index (χ1) is 12.5. The SMILES string of the molecule is O=C(COC(=O)c1cc([N+](=O)[O-])ccc1Cl)Nc1cccc2nsnc12. The first-order valence-corrected chi connectivity index (χ1v) is 8.19. The third-order valence-electron chi connectivity index (χ3n) is 3.28. The van der Waals surface area contributed by atoms with Gasteiger partial charge in [-0.2, -0.15) is 8.75 Å². The average Bonchev–Trinajstić information content (AvgIpc) is 3.09. The monoisotopic (exact) mass is 392 g/mol. The van der Waals surface area contributed by atoms with E-state index in [1.54, 1.807) is 18.2 Å². The molecule has 1 heterocycles. The van der Waals surface area contributed by atoms with Crippen molar-refractivity contribution in [1.29, 1.82) is 0 Å². The maximum Gasteiger partial charge on any atom is 0.340 e. The highest BCUT2D eigenvalue weighted by Crippen LogP contribution is 2.23. The van der Waals surface area contributed by atoms with Gasteiger partial charge in [-0.3, -0.25) is 14.9 Å². The summed E-state index contributed by atoms with van der Waals surface area (Å²) < 4.78 is 13.0. The molecule has 0 aliphatic carbocycles. The summed E-state index contributed by atoms with van der Waals surface area (Å²) >= 11 is 6.86.